The minimum absolute atomic E-state index is 0.0899. The van der Waals surface area contributed by atoms with Crippen molar-refractivity contribution in [3.63, 3.8) is 0 Å². The van der Waals surface area contributed by atoms with Crippen LogP contribution in [-0.4, -0.2) is 23.8 Å². The maximum absolute atomic E-state index is 11.3. The Bertz CT molecular complexity index is 287. The Kier molecular flexibility index (Phi) is 3.04. The van der Waals surface area contributed by atoms with E-state index in [4.69, 9.17) is 0 Å². The van der Waals surface area contributed by atoms with Crippen LogP contribution in [0.1, 0.15) is 25.7 Å². The quantitative estimate of drug-likeness (QED) is 0.539. The van der Waals surface area contributed by atoms with Gasteiger partial charge in [0.1, 0.15) is 11.5 Å². The Hall–Kier alpha value is -0.380. The number of hydrogen-bond acceptors (Lipinski definition) is 4. The smallest absolute Gasteiger partial charge is 0.135 e. The summed E-state index contributed by atoms with van der Waals surface area (Å²) >= 11 is 0. The molecule has 0 radical (unpaired) electrons. The summed E-state index contributed by atoms with van der Waals surface area (Å²) in [6.45, 7) is 1.17. The van der Waals surface area contributed by atoms with Crippen LogP contribution < -0.4 is 15.7 Å². The molecule has 14 heavy (non-hydrogen) atoms. The molecule has 0 saturated heterocycles. The molecule has 0 aromatic rings. The van der Waals surface area contributed by atoms with E-state index in [1.165, 1.54) is 6.66 Å². The van der Waals surface area contributed by atoms with Crippen molar-refractivity contribution in [2.75, 3.05) is 6.66 Å². The fourth-order valence-corrected chi connectivity index (χ4v) is 3.25. The number of carboxylic acid groups (broad SMARTS) is 1. The minimum Gasteiger partial charge on any atom is -0.799 e. The van der Waals surface area contributed by atoms with E-state index in [2.05, 4.69) is 5.73 Å². The van der Waals surface area contributed by atoms with Crippen molar-refractivity contribution in [1.82, 2.24) is 0 Å². The van der Waals surface area contributed by atoms with Crippen LogP contribution in [0.5, 0.6) is 0 Å². The van der Waals surface area contributed by atoms with E-state index < -0.39 is 24.5 Å². The summed E-state index contributed by atoms with van der Waals surface area (Å²) in [4.78, 5) is 22.1. The second-order valence-electron chi connectivity index (χ2n) is 4.23. The standard InChI is InChI=1S/C8H16NO4P/c1-14(12,13)6-3-2-4-8(9,5-6)7(10)11/h6H,2-5,9H2,1H3,(H,10,11)(H,12,13)/p-1. The Labute approximate surface area is 82.8 Å². The van der Waals surface area contributed by atoms with Gasteiger partial charge in [0.2, 0.25) is 0 Å². The molecular formula is C8H15NO4P-. The second-order valence-corrected chi connectivity index (χ2v) is 6.77. The van der Waals surface area contributed by atoms with Crippen molar-refractivity contribution < 1.29 is 25.1 Å². The van der Waals surface area contributed by atoms with E-state index in [0.29, 0.717) is 19.3 Å². The van der Waals surface area contributed by atoms with Crippen LogP contribution in [0, 0.1) is 0 Å². The summed E-state index contributed by atoms with van der Waals surface area (Å²) in [5, 5.41) is 10.8. The first-order valence-electron chi connectivity index (χ1n) is 4.61. The lowest BCUT2D eigenvalue weighted by atomic mass is 9.82. The summed E-state index contributed by atoms with van der Waals surface area (Å²) < 4.78 is 11.3. The van der Waals surface area contributed by atoms with Crippen LogP contribution in [0.2, 0.25) is 0 Å². The van der Waals surface area contributed by atoms with Gasteiger partial charge in [-0.3, -0.25) is 0 Å². The van der Waals surface area contributed by atoms with Crippen molar-refractivity contribution in [2.45, 2.75) is 36.9 Å². The van der Waals surface area contributed by atoms with Gasteiger partial charge in [-0.1, -0.05) is 0 Å². The molecule has 0 bridgehead atoms. The third-order valence-corrected chi connectivity index (χ3v) is 4.68. The van der Waals surface area contributed by atoms with Crippen molar-refractivity contribution in [2.24, 2.45) is 0 Å². The van der Waals surface area contributed by atoms with Gasteiger partial charge in [0.15, 0.2) is 0 Å². The number of carbonyl (C=O) groups excluding carboxylic acids is 1. The number of hydrogen-bond donors (Lipinski definition) is 1. The maximum atomic E-state index is 11.3. The highest BCUT2D eigenvalue weighted by Gasteiger charge is 2.39. The molecule has 5 nitrogen and oxygen atoms in total. The van der Waals surface area contributed by atoms with Crippen molar-refractivity contribution in [3.05, 3.63) is 0 Å². The number of rotatable bonds is 2. The topological polar surface area (TPSA) is 108 Å². The monoisotopic (exact) mass is 220 g/mol. The van der Waals surface area contributed by atoms with Crippen LogP contribution in [0.15, 0.2) is 0 Å². The summed E-state index contributed by atoms with van der Waals surface area (Å²) in [6.07, 6.45) is 1.63. The lowest BCUT2D eigenvalue weighted by Gasteiger charge is -2.40. The Morgan fingerprint density at radius 1 is 1.64 bits per heavy atom. The molecule has 0 amide bonds. The molecule has 1 aliphatic carbocycles. The van der Waals surface area contributed by atoms with Gasteiger partial charge in [0.25, 0.3) is 0 Å². The number of aliphatic carboxylic acids is 1. The van der Waals surface area contributed by atoms with Gasteiger partial charge in [0.05, 0.1) is 0 Å². The Morgan fingerprint density at radius 3 is 2.64 bits per heavy atom. The zero-order valence-corrected chi connectivity index (χ0v) is 9.09. The van der Waals surface area contributed by atoms with Crippen LogP contribution in [0.25, 0.3) is 0 Å². The average molecular weight is 220 g/mol. The average Bonchev–Trinajstić information content (AvgIpc) is 2.02. The van der Waals surface area contributed by atoms with E-state index >= 15 is 0 Å². The molecule has 0 aromatic heterocycles. The lowest BCUT2D eigenvalue weighted by Crippen LogP contribution is -2.81. The molecule has 0 aliphatic heterocycles. The van der Waals surface area contributed by atoms with E-state index in [-0.39, 0.29) is 6.42 Å². The summed E-state index contributed by atoms with van der Waals surface area (Å²) in [6, 6.07) is 0. The first-order chi connectivity index (χ1) is 6.26. The highest BCUT2D eigenvalue weighted by atomic mass is 31.2. The number of carboxylic acids is 1. The summed E-state index contributed by atoms with van der Waals surface area (Å²) in [5.41, 5.74) is 1.81. The highest BCUT2D eigenvalue weighted by Crippen LogP contribution is 2.46. The highest BCUT2D eigenvalue weighted by molar-refractivity contribution is 7.56. The number of carbonyl (C=O) groups is 1. The minimum atomic E-state index is -3.44. The molecule has 82 valence electrons. The first-order valence-corrected chi connectivity index (χ1v) is 6.75. The van der Waals surface area contributed by atoms with Crippen LogP contribution in [0.3, 0.4) is 0 Å². The van der Waals surface area contributed by atoms with Crippen molar-refractivity contribution >= 4 is 13.3 Å². The molecule has 0 aromatic carbocycles. The molecule has 0 heterocycles. The third kappa shape index (κ3) is 2.35. The molecular weight excluding hydrogens is 205 g/mol. The predicted octanol–water partition coefficient (Wildman–Crippen LogP) is -2.07. The van der Waals surface area contributed by atoms with Crippen molar-refractivity contribution in [3.8, 4) is 0 Å². The van der Waals surface area contributed by atoms with E-state index in [1.54, 1.807) is 0 Å². The molecule has 0 spiro atoms. The zero-order chi connectivity index (χ0) is 11.0. The summed E-state index contributed by atoms with van der Waals surface area (Å²) in [5.74, 6) is -1.24. The van der Waals surface area contributed by atoms with Gasteiger partial charge in [-0.25, -0.2) is 0 Å². The normalized spacial score (nSPS) is 37.5. The van der Waals surface area contributed by atoms with Crippen molar-refractivity contribution in [1.29, 1.82) is 0 Å². The Morgan fingerprint density at radius 2 is 2.21 bits per heavy atom. The van der Waals surface area contributed by atoms with Gasteiger partial charge in [-0.15, -0.1) is 0 Å². The molecule has 1 saturated carbocycles. The van der Waals surface area contributed by atoms with Gasteiger partial charge in [-0.05, 0) is 19.5 Å². The largest absolute Gasteiger partial charge is 0.799 e. The lowest BCUT2D eigenvalue weighted by molar-refractivity contribution is -0.491. The van der Waals surface area contributed by atoms with E-state index in [0.717, 1.165) is 0 Å². The SMILES string of the molecule is CP(=O)([O-])C1CCCC([NH3+])(C(=O)[O-])C1. The zero-order valence-electron chi connectivity index (χ0n) is 8.19. The van der Waals surface area contributed by atoms with Crippen LogP contribution in [0.4, 0.5) is 0 Å². The fourth-order valence-electron chi connectivity index (χ4n) is 1.92. The second kappa shape index (κ2) is 3.65. The van der Waals surface area contributed by atoms with Crippen LogP contribution >= 0.6 is 7.37 Å². The molecule has 3 unspecified atom stereocenters. The first kappa shape index (κ1) is 11.7. The van der Waals surface area contributed by atoms with Gasteiger partial charge < -0.3 is 25.1 Å². The molecule has 1 fully saturated rings. The molecule has 1 rings (SSSR count). The van der Waals surface area contributed by atoms with Gasteiger partial charge >= 0.3 is 0 Å². The Balaban J connectivity index is 2.79. The van der Waals surface area contributed by atoms with Gasteiger partial charge in [-0.2, -0.15) is 0 Å². The molecule has 6 heteroatoms. The van der Waals surface area contributed by atoms with Gasteiger partial charge in [0, 0.05) is 25.9 Å². The number of quaternary nitrogens is 1. The maximum Gasteiger partial charge on any atom is 0.135 e. The summed E-state index contributed by atoms with van der Waals surface area (Å²) in [7, 11) is -3.44. The molecule has 3 atom stereocenters. The predicted molar refractivity (Wildman–Crippen MR) is 46.4 cm³/mol. The fraction of sp³-hybridized carbons (Fsp3) is 0.875. The third-order valence-electron chi connectivity index (χ3n) is 2.92. The molecule has 3 N–H and O–H groups in total. The van der Waals surface area contributed by atoms with E-state index in [9.17, 15) is 19.4 Å². The van der Waals surface area contributed by atoms with E-state index in [1.807, 2.05) is 0 Å². The molecule has 1 aliphatic rings. The van der Waals surface area contributed by atoms with Crippen LogP contribution in [-0.2, 0) is 9.36 Å².